The van der Waals surface area contributed by atoms with Crippen molar-refractivity contribution in [3.05, 3.63) is 0 Å². The van der Waals surface area contributed by atoms with E-state index in [4.69, 9.17) is 37.0 Å². The standard InChI is InChI=1S/C81H158O17P2/c1-6-9-12-15-17-19-21-23-25-29-34-38-42-46-50-55-60-65-79(84)92-71-77(98-81(86)67-62-57-52-48-44-40-36-32-28-27-31-33-37-41-45-49-54-58-63-74(4)5)73-96-100(89,90)94-69-75(82)68-93-99(87,88)95-72-76(70-91-78(83)64-59-53-14-11-8-3)97-80(85)66-61-56-51-47-43-39-35-30-26-24-22-20-18-16-13-10-7-2/h74-77,82H,6-73H2,1-5H3,(H,87,88)(H,89,90)/t75-,76+,77+/m0/s1. The summed E-state index contributed by atoms with van der Waals surface area (Å²) in [5, 5.41) is 10.6. The average Bonchev–Trinajstić information content (AvgIpc) is 0.917. The normalized spacial score (nSPS) is 13.8. The van der Waals surface area contributed by atoms with Crippen LogP contribution in [0, 0.1) is 5.92 Å². The minimum atomic E-state index is -4.96. The Morgan fingerprint density at radius 3 is 0.680 bits per heavy atom. The summed E-state index contributed by atoms with van der Waals surface area (Å²) in [6, 6.07) is 0. The summed E-state index contributed by atoms with van der Waals surface area (Å²) < 4.78 is 68.5. The molecule has 100 heavy (non-hydrogen) atoms. The number of rotatable bonds is 81. The molecule has 0 amide bonds. The Balaban J connectivity index is 5.11. The predicted molar refractivity (Wildman–Crippen MR) is 409 cm³/mol. The fourth-order valence-corrected chi connectivity index (χ4v) is 14.2. The van der Waals surface area contributed by atoms with Crippen molar-refractivity contribution in [2.45, 2.75) is 451 Å². The van der Waals surface area contributed by atoms with E-state index in [0.717, 1.165) is 102 Å². The number of esters is 4. The highest BCUT2D eigenvalue weighted by molar-refractivity contribution is 7.47. The summed E-state index contributed by atoms with van der Waals surface area (Å²) >= 11 is 0. The molecule has 594 valence electrons. The van der Waals surface area contributed by atoms with Crippen LogP contribution in [0.2, 0.25) is 0 Å². The fraction of sp³-hybridized carbons (Fsp3) is 0.951. The number of unbranched alkanes of at least 4 members (excludes halogenated alkanes) is 53. The molecule has 0 spiro atoms. The van der Waals surface area contributed by atoms with Gasteiger partial charge in [0.05, 0.1) is 26.4 Å². The third-order valence-corrected chi connectivity index (χ3v) is 20.9. The number of aliphatic hydroxyl groups excluding tert-OH is 1. The van der Waals surface area contributed by atoms with Crippen LogP contribution in [0.15, 0.2) is 0 Å². The van der Waals surface area contributed by atoms with Crippen LogP contribution >= 0.6 is 15.6 Å². The molecule has 5 atom stereocenters. The lowest BCUT2D eigenvalue weighted by molar-refractivity contribution is -0.161. The molecule has 0 saturated carbocycles. The van der Waals surface area contributed by atoms with Crippen LogP contribution in [0.25, 0.3) is 0 Å². The van der Waals surface area contributed by atoms with E-state index in [1.807, 2.05) is 0 Å². The van der Waals surface area contributed by atoms with Gasteiger partial charge in [-0.05, 0) is 31.6 Å². The first-order valence-corrected chi connectivity index (χ1v) is 45.1. The lowest BCUT2D eigenvalue weighted by Crippen LogP contribution is -2.30. The Labute approximate surface area is 613 Å². The average molecular weight is 1470 g/mol. The van der Waals surface area contributed by atoms with Gasteiger partial charge in [0, 0.05) is 25.7 Å². The molecule has 2 unspecified atom stereocenters. The maximum Gasteiger partial charge on any atom is 0.472 e. The van der Waals surface area contributed by atoms with Gasteiger partial charge in [-0.1, -0.05) is 381 Å². The molecule has 0 aromatic heterocycles. The van der Waals surface area contributed by atoms with Crippen molar-refractivity contribution < 1.29 is 80.2 Å². The Bertz CT molecular complexity index is 1910. The molecule has 17 nitrogen and oxygen atoms in total. The van der Waals surface area contributed by atoms with Crippen LogP contribution in [0.3, 0.4) is 0 Å². The molecular weight excluding hydrogens is 1310 g/mol. The van der Waals surface area contributed by atoms with Gasteiger partial charge in [-0.3, -0.25) is 37.3 Å². The van der Waals surface area contributed by atoms with Crippen LogP contribution in [-0.4, -0.2) is 96.7 Å². The summed E-state index contributed by atoms with van der Waals surface area (Å²) in [6.45, 7) is 7.28. The Morgan fingerprint density at radius 1 is 0.270 bits per heavy atom. The lowest BCUT2D eigenvalue weighted by Gasteiger charge is -2.21. The minimum Gasteiger partial charge on any atom is -0.462 e. The molecule has 0 aromatic carbocycles. The van der Waals surface area contributed by atoms with E-state index < -0.39 is 97.5 Å². The molecule has 19 heteroatoms. The van der Waals surface area contributed by atoms with E-state index in [-0.39, 0.29) is 25.7 Å². The second-order valence-electron chi connectivity index (χ2n) is 29.6. The van der Waals surface area contributed by atoms with E-state index in [0.29, 0.717) is 25.7 Å². The highest BCUT2D eigenvalue weighted by Crippen LogP contribution is 2.45. The van der Waals surface area contributed by atoms with Crippen molar-refractivity contribution in [1.82, 2.24) is 0 Å². The second-order valence-corrected chi connectivity index (χ2v) is 32.5. The second kappa shape index (κ2) is 73.9. The van der Waals surface area contributed by atoms with Gasteiger partial charge in [0.25, 0.3) is 0 Å². The monoisotopic (exact) mass is 1470 g/mol. The van der Waals surface area contributed by atoms with Gasteiger partial charge in [0.1, 0.15) is 19.3 Å². The van der Waals surface area contributed by atoms with Crippen molar-refractivity contribution in [3.63, 3.8) is 0 Å². The van der Waals surface area contributed by atoms with Crippen LogP contribution < -0.4 is 0 Å². The zero-order chi connectivity index (χ0) is 73.4. The molecular formula is C81H158O17P2. The summed E-state index contributed by atoms with van der Waals surface area (Å²) in [4.78, 5) is 72.7. The number of phosphoric acid groups is 2. The summed E-state index contributed by atoms with van der Waals surface area (Å²) in [6.07, 6.45) is 65.7. The van der Waals surface area contributed by atoms with E-state index in [1.165, 1.54) is 250 Å². The van der Waals surface area contributed by atoms with Gasteiger partial charge in [-0.15, -0.1) is 0 Å². The number of phosphoric ester groups is 2. The van der Waals surface area contributed by atoms with E-state index >= 15 is 0 Å². The van der Waals surface area contributed by atoms with E-state index in [1.54, 1.807) is 0 Å². The SMILES string of the molecule is CCCCCCCCCCCCCCCCCCCC(=O)OC[C@H](COP(=O)(O)OC[C@@H](O)COP(=O)(O)OC[C@@H](COC(=O)CCCCCCC)OC(=O)CCCCCCCCCCCCCCCCCCC)OC(=O)CCCCCCCCCCCCCCCCCCCCC(C)C. The maximum atomic E-state index is 13.1. The highest BCUT2D eigenvalue weighted by atomic mass is 31.2. The summed E-state index contributed by atoms with van der Waals surface area (Å²) in [7, 11) is -9.91. The topological polar surface area (TPSA) is 237 Å². The van der Waals surface area contributed by atoms with E-state index in [2.05, 4.69) is 34.6 Å². The van der Waals surface area contributed by atoms with Gasteiger partial charge < -0.3 is 33.8 Å². The van der Waals surface area contributed by atoms with Gasteiger partial charge in [-0.2, -0.15) is 0 Å². The van der Waals surface area contributed by atoms with Crippen LogP contribution in [0.1, 0.15) is 433 Å². The van der Waals surface area contributed by atoms with Gasteiger partial charge in [0.15, 0.2) is 12.2 Å². The number of aliphatic hydroxyl groups is 1. The number of ether oxygens (including phenoxy) is 4. The number of hydrogen-bond acceptors (Lipinski definition) is 15. The van der Waals surface area contributed by atoms with Crippen molar-refractivity contribution in [3.8, 4) is 0 Å². The molecule has 0 saturated heterocycles. The third-order valence-electron chi connectivity index (χ3n) is 19.0. The van der Waals surface area contributed by atoms with Gasteiger partial charge >= 0.3 is 39.5 Å². The van der Waals surface area contributed by atoms with Crippen LogP contribution in [0.4, 0.5) is 0 Å². The smallest absolute Gasteiger partial charge is 0.462 e. The first kappa shape index (κ1) is 98.1. The number of carbonyl (C=O) groups is 4. The molecule has 0 aromatic rings. The molecule has 0 aliphatic carbocycles. The van der Waals surface area contributed by atoms with Gasteiger partial charge in [-0.25, -0.2) is 9.13 Å². The van der Waals surface area contributed by atoms with Crippen LogP contribution in [0.5, 0.6) is 0 Å². The van der Waals surface area contributed by atoms with Crippen molar-refractivity contribution >= 4 is 39.5 Å². The van der Waals surface area contributed by atoms with Crippen molar-refractivity contribution in [2.75, 3.05) is 39.6 Å². The zero-order valence-electron chi connectivity index (χ0n) is 65.3. The Hall–Kier alpha value is -1.94. The third kappa shape index (κ3) is 74.3. The number of hydrogen-bond donors (Lipinski definition) is 3. The molecule has 0 rings (SSSR count). The number of carbonyl (C=O) groups excluding carboxylic acids is 4. The fourth-order valence-electron chi connectivity index (χ4n) is 12.6. The van der Waals surface area contributed by atoms with Crippen molar-refractivity contribution in [1.29, 1.82) is 0 Å². The van der Waals surface area contributed by atoms with Crippen molar-refractivity contribution in [2.24, 2.45) is 5.92 Å². The Morgan fingerprint density at radius 2 is 0.460 bits per heavy atom. The zero-order valence-corrected chi connectivity index (χ0v) is 67.1. The quantitative estimate of drug-likeness (QED) is 0.0222. The first-order valence-electron chi connectivity index (χ1n) is 42.1. The molecule has 0 aliphatic heterocycles. The van der Waals surface area contributed by atoms with Gasteiger partial charge in [0.2, 0.25) is 0 Å². The van der Waals surface area contributed by atoms with Crippen LogP contribution in [-0.2, 0) is 65.4 Å². The van der Waals surface area contributed by atoms with E-state index in [9.17, 15) is 43.2 Å². The molecule has 0 aliphatic rings. The first-order chi connectivity index (χ1) is 48.5. The molecule has 0 fully saturated rings. The summed E-state index contributed by atoms with van der Waals surface area (Å²) in [5.74, 6) is -1.30. The molecule has 0 bridgehead atoms. The maximum absolute atomic E-state index is 13.1. The molecule has 0 radical (unpaired) electrons. The summed E-state index contributed by atoms with van der Waals surface area (Å²) in [5.41, 5.74) is 0. The minimum absolute atomic E-state index is 0.108. The molecule has 3 N–H and O–H groups in total. The Kier molecular flexibility index (Phi) is 72.5. The molecule has 0 heterocycles. The largest absolute Gasteiger partial charge is 0.472 e. The highest BCUT2D eigenvalue weighted by Gasteiger charge is 2.30. The predicted octanol–water partition coefficient (Wildman–Crippen LogP) is 24.4. The lowest BCUT2D eigenvalue weighted by atomic mass is 10.0.